The van der Waals surface area contributed by atoms with Gasteiger partial charge in [-0.15, -0.1) is 11.3 Å². The molecule has 1 aromatic carbocycles. The minimum Gasteiger partial charge on any atom is -0.365 e. The fourth-order valence-electron chi connectivity index (χ4n) is 4.60. The van der Waals surface area contributed by atoms with Crippen molar-refractivity contribution in [3.63, 3.8) is 0 Å². The Morgan fingerprint density at radius 3 is 2.58 bits per heavy atom. The molecule has 0 bridgehead atoms. The Balaban J connectivity index is 1.32. The highest BCUT2D eigenvalue weighted by atomic mass is 32.1. The minimum atomic E-state index is -0.438. The van der Waals surface area contributed by atoms with Crippen molar-refractivity contribution in [3.05, 3.63) is 51.4 Å². The number of piperazine rings is 1. The second kappa shape index (κ2) is 9.51. The SMILES string of the molecule is Cc1ccccc1CN1CCN(CC(=O)Nc2sc3c(c2C(N)=O)CCC(C)C3)CC1. The zero-order chi connectivity index (χ0) is 22.0. The summed E-state index contributed by atoms with van der Waals surface area (Å²) in [6.45, 7) is 9.28. The quantitative estimate of drug-likeness (QED) is 0.724. The van der Waals surface area contributed by atoms with Gasteiger partial charge in [0.2, 0.25) is 5.91 Å². The van der Waals surface area contributed by atoms with Crippen LogP contribution in [0.4, 0.5) is 5.00 Å². The van der Waals surface area contributed by atoms with Gasteiger partial charge in [0.25, 0.3) is 5.91 Å². The first kappa shape index (κ1) is 22.0. The molecule has 2 aromatic rings. The molecule has 2 aliphatic rings. The summed E-state index contributed by atoms with van der Waals surface area (Å²) < 4.78 is 0. The number of anilines is 1. The predicted octanol–water partition coefficient (Wildman–Crippen LogP) is 3.04. The van der Waals surface area contributed by atoms with E-state index in [0.29, 0.717) is 23.0 Å². The lowest BCUT2D eigenvalue weighted by Gasteiger charge is -2.34. The Bertz CT molecular complexity index is 962. The topological polar surface area (TPSA) is 78.7 Å². The number of hydrogen-bond acceptors (Lipinski definition) is 5. The van der Waals surface area contributed by atoms with Gasteiger partial charge in [-0.1, -0.05) is 31.2 Å². The van der Waals surface area contributed by atoms with E-state index in [-0.39, 0.29) is 5.91 Å². The van der Waals surface area contributed by atoms with Crippen LogP contribution in [0.5, 0.6) is 0 Å². The van der Waals surface area contributed by atoms with Gasteiger partial charge in [-0.25, -0.2) is 0 Å². The highest BCUT2D eigenvalue weighted by Crippen LogP contribution is 2.39. The standard InChI is InChI=1S/C24H32N4O2S/c1-16-7-8-19-20(13-16)31-24(22(19)23(25)30)26-21(29)15-28-11-9-27(10-12-28)14-18-6-4-3-5-17(18)2/h3-6,16H,7-15H2,1-2H3,(H2,25,30)(H,26,29). The number of carbonyl (C=O) groups is 2. The molecule has 7 heteroatoms. The van der Waals surface area contributed by atoms with Crippen molar-refractivity contribution >= 4 is 28.2 Å². The molecule has 0 spiro atoms. The van der Waals surface area contributed by atoms with Crippen molar-refractivity contribution in [1.82, 2.24) is 9.80 Å². The molecule has 1 unspecified atom stereocenters. The summed E-state index contributed by atoms with van der Waals surface area (Å²) in [6.07, 6.45) is 2.88. The van der Waals surface area contributed by atoms with Gasteiger partial charge in [0.1, 0.15) is 5.00 Å². The van der Waals surface area contributed by atoms with Crippen molar-refractivity contribution < 1.29 is 9.59 Å². The zero-order valence-electron chi connectivity index (χ0n) is 18.4. The Hall–Kier alpha value is -2.22. The molecule has 166 valence electrons. The molecule has 2 heterocycles. The fourth-order valence-corrected chi connectivity index (χ4v) is 6.03. The molecule has 1 aliphatic carbocycles. The van der Waals surface area contributed by atoms with Gasteiger partial charge in [-0.2, -0.15) is 0 Å². The number of thiophene rings is 1. The Morgan fingerprint density at radius 2 is 1.87 bits per heavy atom. The molecule has 1 saturated heterocycles. The first-order valence-electron chi connectivity index (χ1n) is 11.1. The smallest absolute Gasteiger partial charge is 0.251 e. The summed E-state index contributed by atoms with van der Waals surface area (Å²) >= 11 is 1.53. The van der Waals surface area contributed by atoms with Crippen LogP contribution in [0.25, 0.3) is 0 Å². The molecule has 1 fully saturated rings. The molecule has 1 atom stereocenters. The number of nitrogens with two attached hydrogens (primary N) is 1. The molecule has 1 aliphatic heterocycles. The molecule has 3 N–H and O–H groups in total. The largest absolute Gasteiger partial charge is 0.365 e. The number of rotatable bonds is 6. The number of primary amides is 1. The van der Waals surface area contributed by atoms with Gasteiger partial charge in [0, 0.05) is 37.6 Å². The predicted molar refractivity (Wildman–Crippen MR) is 126 cm³/mol. The van der Waals surface area contributed by atoms with Gasteiger partial charge in [0.15, 0.2) is 0 Å². The van der Waals surface area contributed by atoms with Gasteiger partial charge >= 0.3 is 0 Å². The third-order valence-electron chi connectivity index (χ3n) is 6.50. The van der Waals surface area contributed by atoms with Crippen LogP contribution >= 0.6 is 11.3 Å². The zero-order valence-corrected chi connectivity index (χ0v) is 19.3. The third-order valence-corrected chi connectivity index (χ3v) is 7.67. The summed E-state index contributed by atoms with van der Waals surface area (Å²) in [4.78, 5) is 30.6. The van der Waals surface area contributed by atoms with Crippen LogP contribution in [0.2, 0.25) is 0 Å². The van der Waals surface area contributed by atoms with Gasteiger partial charge in [-0.3, -0.25) is 19.4 Å². The van der Waals surface area contributed by atoms with E-state index in [2.05, 4.69) is 53.2 Å². The molecule has 31 heavy (non-hydrogen) atoms. The van der Waals surface area contributed by atoms with Crippen molar-refractivity contribution in [1.29, 1.82) is 0 Å². The highest BCUT2D eigenvalue weighted by molar-refractivity contribution is 7.17. The maximum atomic E-state index is 12.7. The van der Waals surface area contributed by atoms with Crippen LogP contribution in [0, 0.1) is 12.8 Å². The lowest BCUT2D eigenvalue weighted by molar-refractivity contribution is -0.117. The molecular weight excluding hydrogens is 408 g/mol. The molecule has 4 rings (SSSR count). The van der Waals surface area contributed by atoms with Gasteiger partial charge in [0.05, 0.1) is 12.1 Å². The van der Waals surface area contributed by atoms with Crippen molar-refractivity contribution in [2.24, 2.45) is 11.7 Å². The maximum absolute atomic E-state index is 12.7. The Kier molecular flexibility index (Phi) is 6.74. The number of amides is 2. The number of carbonyl (C=O) groups excluding carboxylic acids is 2. The Labute approximate surface area is 188 Å². The third kappa shape index (κ3) is 5.17. The maximum Gasteiger partial charge on any atom is 0.251 e. The first-order valence-corrected chi connectivity index (χ1v) is 12.0. The monoisotopic (exact) mass is 440 g/mol. The molecule has 2 amide bonds. The number of nitrogens with zero attached hydrogens (tertiary/aromatic N) is 2. The highest BCUT2D eigenvalue weighted by Gasteiger charge is 2.28. The number of benzene rings is 1. The van der Waals surface area contributed by atoms with E-state index < -0.39 is 5.91 Å². The number of nitrogens with one attached hydrogen (secondary N) is 1. The summed E-state index contributed by atoms with van der Waals surface area (Å²) in [5.41, 5.74) is 9.94. The van der Waals surface area contributed by atoms with Gasteiger partial charge < -0.3 is 11.1 Å². The minimum absolute atomic E-state index is 0.0681. The van der Waals surface area contributed by atoms with Crippen LogP contribution in [0.1, 0.15) is 45.3 Å². The molecule has 0 saturated carbocycles. The van der Waals surface area contributed by atoms with E-state index >= 15 is 0 Å². The average Bonchev–Trinajstić information content (AvgIpc) is 3.08. The van der Waals surface area contributed by atoms with Crippen molar-refractivity contribution in [3.8, 4) is 0 Å². The lowest BCUT2D eigenvalue weighted by Crippen LogP contribution is -2.48. The Morgan fingerprint density at radius 1 is 1.16 bits per heavy atom. The van der Waals surface area contributed by atoms with Crippen LogP contribution < -0.4 is 11.1 Å². The van der Waals surface area contributed by atoms with Crippen LogP contribution in [0.3, 0.4) is 0 Å². The first-order chi connectivity index (χ1) is 14.9. The summed E-state index contributed by atoms with van der Waals surface area (Å²) in [6, 6.07) is 8.50. The normalized spacial score (nSPS) is 19.7. The van der Waals surface area contributed by atoms with E-state index in [9.17, 15) is 9.59 Å². The number of hydrogen-bond donors (Lipinski definition) is 2. The van der Waals surface area contributed by atoms with Crippen molar-refractivity contribution in [2.45, 2.75) is 39.7 Å². The summed E-state index contributed by atoms with van der Waals surface area (Å²) in [7, 11) is 0. The molecule has 1 aromatic heterocycles. The van der Waals surface area contributed by atoms with Crippen LogP contribution in [-0.4, -0.2) is 54.3 Å². The fraction of sp³-hybridized carbons (Fsp3) is 0.500. The molecule has 0 radical (unpaired) electrons. The second-order valence-electron chi connectivity index (χ2n) is 8.95. The van der Waals surface area contributed by atoms with E-state index in [0.717, 1.165) is 57.5 Å². The number of fused-ring (bicyclic) bond motifs is 1. The number of aryl methyl sites for hydroxylation is 1. The van der Waals surface area contributed by atoms with E-state index in [1.54, 1.807) is 0 Å². The van der Waals surface area contributed by atoms with Crippen LogP contribution in [0.15, 0.2) is 24.3 Å². The van der Waals surface area contributed by atoms with E-state index in [1.807, 2.05) is 0 Å². The van der Waals surface area contributed by atoms with Crippen molar-refractivity contribution in [2.75, 3.05) is 38.0 Å². The van der Waals surface area contributed by atoms with Gasteiger partial charge in [-0.05, 0) is 48.8 Å². The lowest BCUT2D eigenvalue weighted by atomic mass is 9.88. The summed E-state index contributed by atoms with van der Waals surface area (Å²) in [5.74, 6) is 0.0973. The molecule has 6 nitrogen and oxygen atoms in total. The van der Waals surface area contributed by atoms with E-state index in [4.69, 9.17) is 5.73 Å². The molecular formula is C24H32N4O2S. The average molecular weight is 441 g/mol. The van der Waals surface area contributed by atoms with Crippen LogP contribution in [-0.2, 0) is 24.2 Å². The second-order valence-corrected chi connectivity index (χ2v) is 10.1. The van der Waals surface area contributed by atoms with E-state index in [1.165, 1.54) is 27.3 Å². The summed E-state index contributed by atoms with van der Waals surface area (Å²) in [5, 5.41) is 3.63.